The van der Waals surface area contributed by atoms with Crippen molar-refractivity contribution in [2.45, 2.75) is 85.0 Å². The van der Waals surface area contributed by atoms with Gasteiger partial charge in [0, 0.05) is 17.5 Å². The van der Waals surface area contributed by atoms with Crippen LogP contribution in [0.25, 0.3) is 0 Å². The summed E-state index contributed by atoms with van der Waals surface area (Å²) >= 11 is 0. The first-order valence-electron chi connectivity index (χ1n) is 10.3. The van der Waals surface area contributed by atoms with Crippen LogP contribution in [0.5, 0.6) is 17.2 Å². The lowest BCUT2D eigenvalue weighted by atomic mass is 9.77. The summed E-state index contributed by atoms with van der Waals surface area (Å²) in [5.41, 5.74) is 4.06. The van der Waals surface area contributed by atoms with Gasteiger partial charge >= 0.3 is 0 Å². The molecule has 0 atom stereocenters. The van der Waals surface area contributed by atoms with E-state index in [9.17, 15) is 10.2 Å². The van der Waals surface area contributed by atoms with Gasteiger partial charge in [-0.2, -0.15) is 0 Å². The minimum atomic E-state index is -0.199. The molecule has 0 aromatic heterocycles. The maximum atomic E-state index is 11.0. The zero-order chi connectivity index (χ0) is 22.4. The molecule has 0 saturated heterocycles. The molecule has 0 aliphatic carbocycles. The normalized spacial score (nSPS) is 12.9. The van der Waals surface area contributed by atoms with Crippen LogP contribution in [-0.4, -0.2) is 17.3 Å². The van der Waals surface area contributed by atoms with Gasteiger partial charge in [-0.15, -0.1) is 0 Å². The minimum Gasteiger partial charge on any atom is -0.507 e. The Balaban J connectivity index is 2.69. The van der Waals surface area contributed by atoms with Crippen molar-refractivity contribution in [3.05, 3.63) is 52.1 Å². The number of hydrogen-bond donors (Lipinski definition) is 2. The molecule has 2 N–H and O–H groups in total. The molecule has 0 spiro atoms. The Kier molecular flexibility index (Phi) is 6.05. The third kappa shape index (κ3) is 5.07. The molecule has 0 aliphatic rings. The summed E-state index contributed by atoms with van der Waals surface area (Å²) in [6, 6.07) is 7.96. The van der Waals surface area contributed by atoms with Crippen LogP contribution < -0.4 is 4.74 Å². The topological polar surface area (TPSA) is 49.7 Å². The van der Waals surface area contributed by atoms with Crippen LogP contribution in [0.2, 0.25) is 0 Å². The van der Waals surface area contributed by atoms with Crippen molar-refractivity contribution in [1.82, 2.24) is 0 Å². The Hall–Kier alpha value is -2.16. The summed E-state index contributed by atoms with van der Waals surface area (Å²) < 4.78 is 5.51. The van der Waals surface area contributed by atoms with Crippen LogP contribution in [0.1, 0.15) is 90.1 Å². The first kappa shape index (κ1) is 23.1. The van der Waals surface area contributed by atoms with Crippen LogP contribution >= 0.6 is 0 Å². The van der Waals surface area contributed by atoms with Crippen LogP contribution in [-0.2, 0) is 22.7 Å². The monoisotopic (exact) mass is 398 g/mol. The molecular weight excluding hydrogens is 360 g/mol. The number of ether oxygens (including phenoxy) is 1. The molecule has 29 heavy (non-hydrogen) atoms. The van der Waals surface area contributed by atoms with E-state index in [-0.39, 0.29) is 16.2 Å². The molecule has 160 valence electrons. The fourth-order valence-electron chi connectivity index (χ4n) is 3.65. The summed E-state index contributed by atoms with van der Waals surface area (Å²) in [6.45, 7) is 18.9. The lowest BCUT2D eigenvalue weighted by Gasteiger charge is -2.28. The first-order chi connectivity index (χ1) is 13.1. The summed E-state index contributed by atoms with van der Waals surface area (Å²) in [4.78, 5) is 0. The quantitative estimate of drug-likeness (QED) is 0.613. The van der Waals surface area contributed by atoms with Gasteiger partial charge in [-0.05, 0) is 45.1 Å². The van der Waals surface area contributed by atoms with Gasteiger partial charge in [-0.25, -0.2) is 0 Å². The van der Waals surface area contributed by atoms with Gasteiger partial charge in [-0.3, -0.25) is 0 Å². The highest BCUT2D eigenvalue weighted by Crippen LogP contribution is 2.42. The average molecular weight is 399 g/mol. The Morgan fingerprint density at radius 1 is 0.655 bits per heavy atom. The minimum absolute atomic E-state index is 0.187. The molecule has 0 aliphatic heterocycles. The van der Waals surface area contributed by atoms with E-state index in [4.69, 9.17) is 4.74 Å². The van der Waals surface area contributed by atoms with E-state index in [1.54, 1.807) is 7.11 Å². The average Bonchev–Trinajstić information content (AvgIpc) is 2.54. The summed E-state index contributed by atoms with van der Waals surface area (Å²) in [7, 11) is 1.65. The van der Waals surface area contributed by atoms with Gasteiger partial charge in [0.15, 0.2) is 0 Å². The van der Waals surface area contributed by atoms with E-state index >= 15 is 0 Å². The van der Waals surface area contributed by atoms with Crippen LogP contribution in [0.4, 0.5) is 0 Å². The van der Waals surface area contributed by atoms with Crippen molar-refractivity contribution in [3.8, 4) is 17.2 Å². The summed E-state index contributed by atoms with van der Waals surface area (Å²) in [6.07, 6.45) is 0.568. The molecule has 2 rings (SSSR count). The van der Waals surface area contributed by atoms with Crippen molar-refractivity contribution in [2.24, 2.45) is 0 Å². The zero-order valence-electron chi connectivity index (χ0n) is 19.8. The molecule has 3 heteroatoms. The highest BCUT2D eigenvalue weighted by Gasteiger charge is 2.27. The second-order valence-corrected chi connectivity index (χ2v) is 11.1. The Morgan fingerprint density at radius 2 is 1.07 bits per heavy atom. The second-order valence-electron chi connectivity index (χ2n) is 11.1. The van der Waals surface area contributed by atoms with Crippen molar-refractivity contribution >= 4 is 0 Å². The zero-order valence-corrected chi connectivity index (χ0v) is 19.8. The molecule has 0 unspecified atom stereocenters. The van der Waals surface area contributed by atoms with Crippen molar-refractivity contribution in [3.63, 3.8) is 0 Å². The van der Waals surface area contributed by atoms with E-state index in [0.717, 1.165) is 33.6 Å². The Bertz CT molecular complexity index is 853. The predicted octanol–water partition coefficient (Wildman–Crippen LogP) is 6.59. The largest absolute Gasteiger partial charge is 0.507 e. The molecule has 0 saturated carbocycles. The Labute approximate surface area is 176 Å². The van der Waals surface area contributed by atoms with Crippen LogP contribution in [0, 0.1) is 0 Å². The molecule has 0 amide bonds. The molecule has 2 aromatic rings. The van der Waals surface area contributed by atoms with E-state index in [1.807, 2.05) is 12.1 Å². The van der Waals surface area contributed by atoms with Crippen molar-refractivity contribution < 1.29 is 14.9 Å². The van der Waals surface area contributed by atoms with Gasteiger partial charge < -0.3 is 14.9 Å². The number of benzene rings is 2. The number of rotatable bonds is 3. The predicted molar refractivity (Wildman–Crippen MR) is 122 cm³/mol. The summed E-state index contributed by atoms with van der Waals surface area (Å²) in [5.74, 6) is 1.44. The van der Waals surface area contributed by atoms with Gasteiger partial charge in [0.2, 0.25) is 0 Å². The molecular formula is C26H38O3. The molecule has 0 bridgehead atoms. The molecule has 0 heterocycles. The fourth-order valence-corrected chi connectivity index (χ4v) is 3.65. The lowest BCUT2D eigenvalue weighted by Crippen LogP contribution is -2.18. The number of hydrogen-bond acceptors (Lipinski definition) is 3. The Morgan fingerprint density at radius 3 is 1.45 bits per heavy atom. The van der Waals surface area contributed by atoms with Gasteiger partial charge in [0.05, 0.1) is 7.11 Å². The smallest absolute Gasteiger partial charge is 0.123 e. The van der Waals surface area contributed by atoms with Crippen LogP contribution in [0.15, 0.2) is 24.3 Å². The molecule has 3 nitrogen and oxygen atoms in total. The second kappa shape index (κ2) is 7.59. The maximum absolute atomic E-state index is 11.0. The third-order valence-electron chi connectivity index (χ3n) is 5.39. The standard InChI is InChI=1S/C26H38O3/c1-24(2,3)19-12-16(13-20(23(19)28)25(4,5)6)11-17-14-18(29-10)15-21(22(17)27)26(7,8)9/h12-15,27-28H,11H2,1-10H3. The van der Waals surface area contributed by atoms with E-state index in [0.29, 0.717) is 17.9 Å². The number of methoxy groups -OCH3 is 1. The van der Waals surface area contributed by atoms with Crippen molar-refractivity contribution in [2.75, 3.05) is 7.11 Å². The number of aromatic hydroxyl groups is 2. The molecule has 0 fully saturated rings. The highest BCUT2D eigenvalue weighted by atomic mass is 16.5. The van der Waals surface area contributed by atoms with E-state index in [2.05, 4.69) is 74.4 Å². The lowest BCUT2D eigenvalue weighted by molar-refractivity contribution is 0.403. The van der Waals surface area contributed by atoms with Gasteiger partial charge in [-0.1, -0.05) is 74.4 Å². The highest BCUT2D eigenvalue weighted by molar-refractivity contribution is 5.54. The van der Waals surface area contributed by atoms with Crippen molar-refractivity contribution in [1.29, 1.82) is 0 Å². The van der Waals surface area contributed by atoms with Gasteiger partial charge in [0.25, 0.3) is 0 Å². The van der Waals surface area contributed by atoms with Crippen LogP contribution in [0.3, 0.4) is 0 Å². The number of phenols is 2. The van der Waals surface area contributed by atoms with E-state index in [1.165, 1.54) is 0 Å². The molecule has 2 aromatic carbocycles. The summed E-state index contributed by atoms with van der Waals surface area (Å²) in [5, 5.41) is 22.0. The third-order valence-corrected chi connectivity index (χ3v) is 5.39. The number of phenolic OH excluding ortho intramolecular Hbond substituents is 2. The first-order valence-corrected chi connectivity index (χ1v) is 10.3. The maximum Gasteiger partial charge on any atom is 0.123 e. The fraction of sp³-hybridized carbons (Fsp3) is 0.538. The van der Waals surface area contributed by atoms with E-state index < -0.39 is 0 Å². The SMILES string of the molecule is COc1cc(Cc2cc(C(C)(C)C)c(O)c(C(C)(C)C)c2)c(O)c(C(C)(C)C)c1. The van der Waals surface area contributed by atoms with Gasteiger partial charge in [0.1, 0.15) is 17.2 Å². The molecule has 0 radical (unpaired) electrons.